The van der Waals surface area contributed by atoms with Gasteiger partial charge in [0.05, 0.1) is 25.9 Å². The molecule has 0 spiro atoms. The van der Waals surface area contributed by atoms with Crippen LogP contribution in [0.1, 0.15) is 22.3 Å². The maximum absolute atomic E-state index is 11.3. The monoisotopic (exact) mass is 219 g/mol. The zero-order valence-corrected chi connectivity index (χ0v) is 9.32. The van der Waals surface area contributed by atoms with Crippen molar-refractivity contribution in [2.75, 3.05) is 14.2 Å². The Bertz CT molecular complexity index is 421. The fraction of sp³-hybridized carbons (Fsp3) is 0.333. The van der Waals surface area contributed by atoms with E-state index in [-0.39, 0.29) is 5.97 Å². The first-order valence-corrected chi connectivity index (χ1v) is 4.85. The Morgan fingerprint density at radius 3 is 2.75 bits per heavy atom. The van der Waals surface area contributed by atoms with Crippen molar-refractivity contribution in [2.24, 2.45) is 0 Å². The van der Waals surface area contributed by atoms with Crippen molar-refractivity contribution >= 4 is 5.97 Å². The number of esters is 1. The summed E-state index contributed by atoms with van der Waals surface area (Å²) in [5, 5.41) is 8.53. The number of methoxy groups -OCH3 is 2. The molecular formula is C12H13NO3. The number of hydrogen-bond donors (Lipinski definition) is 0. The second-order valence-corrected chi connectivity index (χ2v) is 3.18. The minimum Gasteiger partial charge on any atom is -0.496 e. The number of hydrogen-bond acceptors (Lipinski definition) is 4. The Hall–Kier alpha value is -2.02. The Morgan fingerprint density at radius 1 is 1.44 bits per heavy atom. The van der Waals surface area contributed by atoms with E-state index in [1.807, 2.05) is 0 Å². The van der Waals surface area contributed by atoms with Gasteiger partial charge in [-0.25, -0.2) is 4.79 Å². The zero-order valence-electron chi connectivity index (χ0n) is 9.32. The summed E-state index contributed by atoms with van der Waals surface area (Å²) in [5.74, 6) is 0.295. The molecule has 84 valence electrons. The highest BCUT2D eigenvalue weighted by Crippen LogP contribution is 2.21. The molecule has 0 aliphatic rings. The molecule has 0 atom stereocenters. The second kappa shape index (κ2) is 5.76. The minimum atomic E-state index is -0.388. The minimum absolute atomic E-state index is 0.388. The highest BCUT2D eigenvalue weighted by atomic mass is 16.5. The van der Waals surface area contributed by atoms with Gasteiger partial charge >= 0.3 is 5.97 Å². The van der Waals surface area contributed by atoms with Gasteiger partial charge in [0, 0.05) is 6.42 Å². The fourth-order valence-corrected chi connectivity index (χ4v) is 1.41. The van der Waals surface area contributed by atoms with Gasteiger partial charge in [0.15, 0.2) is 0 Å². The van der Waals surface area contributed by atoms with Gasteiger partial charge in [0.2, 0.25) is 0 Å². The Balaban J connectivity index is 3.01. The molecule has 1 rings (SSSR count). The third-order valence-corrected chi connectivity index (χ3v) is 2.21. The number of aryl methyl sites for hydroxylation is 1. The van der Waals surface area contributed by atoms with Crippen LogP contribution in [-0.4, -0.2) is 20.2 Å². The Morgan fingerprint density at radius 2 is 2.19 bits per heavy atom. The molecule has 1 aromatic rings. The van der Waals surface area contributed by atoms with E-state index >= 15 is 0 Å². The van der Waals surface area contributed by atoms with Crippen LogP contribution in [0.2, 0.25) is 0 Å². The summed E-state index contributed by atoms with van der Waals surface area (Å²) >= 11 is 0. The summed E-state index contributed by atoms with van der Waals surface area (Å²) in [7, 11) is 2.89. The van der Waals surface area contributed by atoms with Gasteiger partial charge in [-0.1, -0.05) is 0 Å². The summed E-state index contributed by atoms with van der Waals surface area (Å²) in [6, 6.07) is 7.10. The second-order valence-electron chi connectivity index (χ2n) is 3.18. The summed E-state index contributed by atoms with van der Waals surface area (Å²) in [5.41, 5.74) is 1.31. The third-order valence-electron chi connectivity index (χ3n) is 2.21. The van der Waals surface area contributed by atoms with Crippen LogP contribution >= 0.6 is 0 Å². The number of ether oxygens (including phenoxy) is 2. The summed E-state index contributed by atoms with van der Waals surface area (Å²) in [4.78, 5) is 11.3. The first-order chi connectivity index (χ1) is 7.72. The molecule has 0 fully saturated rings. The molecule has 0 N–H and O–H groups in total. The summed E-state index contributed by atoms with van der Waals surface area (Å²) < 4.78 is 9.77. The summed E-state index contributed by atoms with van der Waals surface area (Å²) in [6.07, 6.45) is 0.950. The molecule has 0 aromatic heterocycles. The van der Waals surface area contributed by atoms with Gasteiger partial charge in [0.1, 0.15) is 5.75 Å². The van der Waals surface area contributed by atoms with Crippen LogP contribution in [0.5, 0.6) is 5.75 Å². The first-order valence-electron chi connectivity index (χ1n) is 4.85. The Labute approximate surface area is 94.4 Å². The zero-order chi connectivity index (χ0) is 12.0. The number of carbonyl (C=O) groups is 1. The van der Waals surface area contributed by atoms with Crippen molar-refractivity contribution in [3.8, 4) is 11.8 Å². The third kappa shape index (κ3) is 2.74. The van der Waals surface area contributed by atoms with Gasteiger partial charge in [-0.2, -0.15) is 5.26 Å². The first kappa shape index (κ1) is 12.1. The lowest BCUT2D eigenvalue weighted by molar-refractivity contribution is 0.0600. The lowest BCUT2D eigenvalue weighted by atomic mass is 10.1. The van der Waals surface area contributed by atoms with Gasteiger partial charge < -0.3 is 9.47 Å². The smallest absolute Gasteiger partial charge is 0.337 e. The largest absolute Gasteiger partial charge is 0.496 e. The standard InChI is InChI=1S/C12H13NO3/c1-15-11-6-5-10(12(14)16-2)8-9(11)4-3-7-13/h5-6,8H,3-4H2,1-2H3. The molecule has 4 nitrogen and oxygen atoms in total. The van der Waals surface area contributed by atoms with E-state index in [4.69, 9.17) is 10.00 Å². The molecular weight excluding hydrogens is 206 g/mol. The highest BCUT2D eigenvalue weighted by molar-refractivity contribution is 5.89. The molecule has 0 aliphatic carbocycles. The van der Waals surface area contributed by atoms with E-state index in [2.05, 4.69) is 10.8 Å². The maximum atomic E-state index is 11.3. The number of nitrogens with zero attached hydrogens (tertiary/aromatic N) is 1. The average molecular weight is 219 g/mol. The van der Waals surface area contributed by atoms with Crippen molar-refractivity contribution in [1.29, 1.82) is 5.26 Å². The molecule has 4 heteroatoms. The van der Waals surface area contributed by atoms with Crippen molar-refractivity contribution in [2.45, 2.75) is 12.8 Å². The predicted octanol–water partition coefficient (Wildman–Crippen LogP) is 1.94. The number of carbonyl (C=O) groups excluding carboxylic acids is 1. The van der Waals surface area contributed by atoms with Gasteiger partial charge in [-0.05, 0) is 30.2 Å². The van der Waals surface area contributed by atoms with E-state index in [0.29, 0.717) is 24.2 Å². The van der Waals surface area contributed by atoms with Crippen LogP contribution in [0.25, 0.3) is 0 Å². The maximum Gasteiger partial charge on any atom is 0.337 e. The lowest BCUT2D eigenvalue weighted by Gasteiger charge is -2.08. The molecule has 0 aliphatic heterocycles. The molecule has 0 bridgehead atoms. The van der Waals surface area contributed by atoms with Crippen LogP contribution in [-0.2, 0) is 11.2 Å². The van der Waals surface area contributed by atoms with Crippen LogP contribution in [0, 0.1) is 11.3 Å². The topological polar surface area (TPSA) is 59.3 Å². The Kier molecular flexibility index (Phi) is 4.34. The summed E-state index contributed by atoms with van der Waals surface area (Å²) in [6.45, 7) is 0. The number of benzene rings is 1. The van der Waals surface area contributed by atoms with Gasteiger partial charge in [-0.15, -0.1) is 0 Å². The van der Waals surface area contributed by atoms with Crippen molar-refractivity contribution in [3.63, 3.8) is 0 Å². The molecule has 0 radical (unpaired) electrons. The van der Waals surface area contributed by atoms with E-state index in [1.54, 1.807) is 25.3 Å². The lowest BCUT2D eigenvalue weighted by Crippen LogP contribution is -2.03. The van der Waals surface area contributed by atoms with Crippen LogP contribution < -0.4 is 4.74 Å². The molecule has 16 heavy (non-hydrogen) atoms. The predicted molar refractivity (Wildman–Crippen MR) is 58.3 cm³/mol. The number of rotatable bonds is 4. The van der Waals surface area contributed by atoms with E-state index in [9.17, 15) is 4.79 Å². The van der Waals surface area contributed by atoms with Crippen molar-refractivity contribution in [3.05, 3.63) is 29.3 Å². The molecule has 0 heterocycles. The van der Waals surface area contributed by atoms with Crippen molar-refractivity contribution in [1.82, 2.24) is 0 Å². The molecule has 0 unspecified atom stereocenters. The molecule has 0 amide bonds. The van der Waals surface area contributed by atoms with Gasteiger partial charge in [-0.3, -0.25) is 0 Å². The quantitative estimate of drug-likeness (QED) is 0.726. The normalized spacial score (nSPS) is 9.31. The van der Waals surface area contributed by atoms with E-state index < -0.39 is 0 Å². The van der Waals surface area contributed by atoms with E-state index in [0.717, 1.165) is 5.56 Å². The fourth-order valence-electron chi connectivity index (χ4n) is 1.41. The molecule has 0 saturated heterocycles. The van der Waals surface area contributed by atoms with E-state index in [1.165, 1.54) is 7.11 Å². The van der Waals surface area contributed by atoms with Crippen LogP contribution in [0.15, 0.2) is 18.2 Å². The molecule has 1 aromatic carbocycles. The highest BCUT2D eigenvalue weighted by Gasteiger charge is 2.09. The number of nitriles is 1. The van der Waals surface area contributed by atoms with Crippen LogP contribution in [0.3, 0.4) is 0 Å². The SMILES string of the molecule is COC(=O)c1ccc(OC)c(CCC#N)c1. The van der Waals surface area contributed by atoms with Gasteiger partial charge in [0.25, 0.3) is 0 Å². The van der Waals surface area contributed by atoms with Crippen molar-refractivity contribution < 1.29 is 14.3 Å². The molecule has 0 saturated carbocycles. The van der Waals surface area contributed by atoms with Crippen LogP contribution in [0.4, 0.5) is 0 Å². The average Bonchev–Trinajstić information content (AvgIpc) is 2.34.